The van der Waals surface area contributed by atoms with Gasteiger partial charge in [0.2, 0.25) is 0 Å². The first-order valence-corrected chi connectivity index (χ1v) is 12.2. The number of rotatable bonds is 10. The molecule has 0 unspecified atom stereocenters. The van der Waals surface area contributed by atoms with Gasteiger partial charge in [0.25, 0.3) is 20.2 Å². The third kappa shape index (κ3) is 8.73. The first kappa shape index (κ1) is 23.0. The number of carbonyl (C=O) groups is 1. The van der Waals surface area contributed by atoms with Gasteiger partial charge in [-0.15, -0.1) is 0 Å². The molecule has 1 atom stereocenters. The molecule has 0 aliphatic heterocycles. The maximum Gasteiger partial charge on any atom is 0.338 e. The summed E-state index contributed by atoms with van der Waals surface area (Å²) >= 11 is 0. The molecular weight excluding hydrogens is 420 g/mol. The van der Waals surface area contributed by atoms with Crippen molar-refractivity contribution in [3.63, 3.8) is 0 Å². The van der Waals surface area contributed by atoms with Gasteiger partial charge in [-0.3, -0.25) is 8.37 Å². The van der Waals surface area contributed by atoms with Gasteiger partial charge in [-0.05, 0) is 23.3 Å². The Kier molecular flexibility index (Phi) is 7.91. The van der Waals surface area contributed by atoms with E-state index >= 15 is 0 Å². The van der Waals surface area contributed by atoms with Crippen LogP contribution in [0.5, 0.6) is 0 Å². The number of carbonyl (C=O) groups excluding carboxylic acids is 1. The molecule has 0 N–H and O–H groups in total. The molecule has 0 fully saturated rings. The van der Waals surface area contributed by atoms with Gasteiger partial charge in [0, 0.05) is 6.42 Å². The summed E-state index contributed by atoms with van der Waals surface area (Å²) in [6, 6.07) is 16.4. The van der Waals surface area contributed by atoms with Crippen molar-refractivity contribution in [1.29, 1.82) is 0 Å². The third-order valence-corrected chi connectivity index (χ3v) is 4.89. The zero-order valence-corrected chi connectivity index (χ0v) is 17.6. The van der Waals surface area contributed by atoms with E-state index in [1.54, 1.807) is 24.3 Å². The van der Waals surface area contributed by atoms with Gasteiger partial charge >= 0.3 is 5.97 Å². The van der Waals surface area contributed by atoms with Crippen LogP contribution in [-0.4, -0.2) is 54.6 Å². The van der Waals surface area contributed by atoms with E-state index in [0.29, 0.717) is 0 Å². The maximum absolute atomic E-state index is 12.2. The lowest BCUT2D eigenvalue weighted by Gasteiger charge is -2.16. The van der Waals surface area contributed by atoms with Crippen LogP contribution in [0.15, 0.2) is 54.6 Å². The Morgan fingerprint density at radius 3 is 2.00 bits per heavy atom. The zero-order valence-electron chi connectivity index (χ0n) is 16.0. The van der Waals surface area contributed by atoms with E-state index in [1.807, 2.05) is 30.3 Å². The van der Waals surface area contributed by atoms with Crippen LogP contribution in [-0.2, 0) is 33.3 Å². The average Bonchev–Trinajstić information content (AvgIpc) is 2.64. The summed E-state index contributed by atoms with van der Waals surface area (Å²) in [6.07, 6.45) is 0.555. The minimum absolute atomic E-state index is 0.0969. The molecule has 0 aliphatic carbocycles. The lowest BCUT2D eigenvalue weighted by molar-refractivity contribution is 0.0286. The summed E-state index contributed by atoms with van der Waals surface area (Å²) in [5.74, 6) is -0.657. The predicted octanol–water partition coefficient (Wildman–Crippen LogP) is 2.22. The molecule has 0 spiro atoms. The molecule has 158 valence electrons. The average molecular weight is 443 g/mol. The Morgan fingerprint density at radius 2 is 1.45 bits per heavy atom. The minimum Gasteiger partial charge on any atom is -0.459 e. The largest absolute Gasteiger partial charge is 0.459 e. The lowest BCUT2D eigenvalue weighted by atomic mass is 10.0. The number of ether oxygens (including phenoxy) is 1. The van der Waals surface area contributed by atoms with Crippen LogP contribution in [0.25, 0.3) is 11.1 Å². The highest BCUT2D eigenvalue weighted by Gasteiger charge is 2.19. The molecule has 2 aromatic carbocycles. The standard InChI is InChI=1S/C19H22O8S2/c1-28(21,22)26-13-12-18(27-29(2,23)24)14-25-19(20)17-10-8-16(9-11-17)15-6-4-3-5-7-15/h3-11,18H,12-14H2,1-2H3/t18-/m0/s1. The fourth-order valence-corrected chi connectivity index (χ4v) is 3.46. The van der Waals surface area contributed by atoms with E-state index in [-0.39, 0.29) is 25.2 Å². The highest BCUT2D eigenvalue weighted by atomic mass is 32.2. The monoisotopic (exact) mass is 442 g/mol. The van der Waals surface area contributed by atoms with Crippen LogP contribution in [0.1, 0.15) is 16.8 Å². The fraction of sp³-hybridized carbons (Fsp3) is 0.316. The van der Waals surface area contributed by atoms with Crippen molar-refractivity contribution in [2.24, 2.45) is 0 Å². The number of hydrogen-bond donors (Lipinski definition) is 0. The van der Waals surface area contributed by atoms with Crippen molar-refractivity contribution in [3.8, 4) is 11.1 Å². The first-order chi connectivity index (χ1) is 13.5. The van der Waals surface area contributed by atoms with Gasteiger partial charge in [0.05, 0.1) is 24.7 Å². The summed E-state index contributed by atoms with van der Waals surface area (Å²) in [4.78, 5) is 12.2. The second kappa shape index (κ2) is 9.97. The van der Waals surface area contributed by atoms with Gasteiger partial charge in [0.1, 0.15) is 12.7 Å². The van der Waals surface area contributed by atoms with Gasteiger partial charge in [-0.2, -0.15) is 16.8 Å². The van der Waals surface area contributed by atoms with E-state index in [1.165, 1.54) is 0 Å². The van der Waals surface area contributed by atoms with Crippen LogP contribution < -0.4 is 0 Å². The first-order valence-electron chi connectivity index (χ1n) is 8.59. The number of esters is 1. The van der Waals surface area contributed by atoms with E-state index in [2.05, 4.69) is 4.18 Å². The van der Waals surface area contributed by atoms with Crippen LogP contribution >= 0.6 is 0 Å². The summed E-state index contributed by atoms with van der Waals surface area (Å²) in [5.41, 5.74) is 2.22. The molecule has 0 aromatic heterocycles. The normalized spacial score (nSPS) is 13.0. The Bertz CT molecular complexity index is 1010. The molecule has 0 amide bonds. The number of hydrogen-bond acceptors (Lipinski definition) is 8. The van der Waals surface area contributed by atoms with E-state index in [9.17, 15) is 21.6 Å². The molecule has 2 rings (SSSR count). The van der Waals surface area contributed by atoms with Crippen LogP contribution in [0.2, 0.25) is 0 Å². The molecule has 0 radical (unpaired) electrons. The van der Waals surface area contributed by atoms with Crippen molar-refractivity contribution < 1.29 is 34.7 Å². The Hall–Kier alpha value is -2.27. The highest BCUT2D eigenvalue weighted by molar-refractivity contribution is 7.86. The molecule has 8 nitrogen and oxygen atoms in total. The lowest BCUT2D eigenvalue weighted by Crippen LogP contribution is -2.26. The Labute approximate surface area is 170 Å². The second-order valence-corrected chi connectivity index (χ2v) is 9.52. The molecule has 0 heterocycles. The summed E-state index contributed by atoms with van der Waals surface area (Å²) in [6.45, 7) is -0.679. The van der Waals surface area contributed by atoms with Gasteiger partial charge < -0.3 is 4.74 Å². The summed E-state index contributed by atoms with van der Waals surface area (Å²) in [5, 5.41) is 0. The van der Waals surface area contributed by atoms with Crippen LogP contribution in [0.4, 0.5) is 0 Å². The minimum atomic E-state index is -3.83. The third-order valence-electron chi connectivity index (χ3n) is 3.68. The van der Waals surface area contributed by atoms with Gasteiger partial charge in [0.15, 0.2) is 0 Å². The Balaban J connectivity index is 1.97. The highest BCUT2D eigenvalue weighted by Crippen LogP contribution is 2.19. The maximum atomic E-state index is 12.2. The molecule has 29 heavy (non-hydrogen) atoms. The summed E-state index contributed by atoms with van der Waals surface area (Å²) in [7, 11) is -7.51. The molecule has 10 heteroatoms. The van der Waals surface area contributed by atoms with Crippen molar-refractivity contribution in [2.45, 2.75) is 12.5 Å². The Morgan fingerprint density at radius 1 is 0.862 bits per heavy atom. The fourth-order valence-electron chi connectivity index (χ4n) is 2.42. The quantitative estimate of drug-likeness (QED) is 0.407. The van der Waals surface area contributed by atoms with Crippen molar-refractivity contribution in [3.05, 3.63) is 60.2 Å². The second-order valence-electron chi connectivity index (χ2n) is 6.28. The smallest absolute Gasteiger partial charge is 0.338 e. The zero-order chi connectivity index (χ0) is 21.5. The topological polar surface area (TPSA) is 113 Å². The SMILES string of the molecule is CS(=O)(=O)OCC[C@@H](COC(=O)c1ccc(-c2ccccc2)cc1)OS(C)(=O)=O. The number of benzene rings is 2. The molecule has 0 saturated heterocycles. The van der Waals surface area contributed by atoms with Gasteiger partial charge in [-0.25, -0.2) is 4.79 Å². The predicted molar refractivity (Wildman–Crippen MR) is 107 cm³/mol. The van der Waals surface area contributed by atoms with E-state index in [4.69, 9.17) is 8.92 Å². The van der Waals surface area contributed by atoms with Crippen LogP contribution in [0.3, 0.4) is 0 Å². The molecule has 2 aromatic rings. The van der Waals surface area contributed by atoms with Crippen molar-refractivity contribution >= 4 is 26.2 Å². The molecule has 0 bridgehead atoms. The summed E-state index contributed by atoms with van der Waals surface area (Å²) < 4.78 is 59.3. The van der Waals surface area contributed by atoms with Gasteiger partial charge in [-0.1, -0.05) is 42.5 Å². The van der Waals surface area contributed by atoms with Crippen LogP contribution in [0, 0.1) is 0 Å². The molecule has 0 saturated carbocycles. The molecular formula is C19H22O8S2. The van der Waals surface area contributed by atoms with E-state index in [0.717, 1.165) is 23.6 Å². The van der Waals surface area contributed by atoms with Crippen molar-refractivity contribution in [2.75, 3.05) is 25.7 Å². The van der Waals surface area contributed by atoms with E-state index < -0.39 is 32.3 Å². The molecule has 0 aliphatic rings. The van der Waals surface area contributed by atoms with Crippen molar-refractivity contribution in [1.82, 2.24) is 0 Å².